The van der Waals surface area contributed by atoms with Crippen molar-refractivity contribution in [1.82, 2.24) is 0 Å². The van der Waals surface area contributed by atoms with Gasteiger partial charge in [0, 0.05) is 20.6 Å². The third kappa shape index (κ3) is 3.82. The van der Waals surface area contributed by atoms with Gasteiger partial charge in [-0.05, 0) is 55.0 Å². The van der Waals surface area contributed by atoms with Crippen LogP contribution in [-0.2, 0) is 16.9 Å². The van der Waals surface area contributed by atoms with Crippen molar-refractivity contribution in [1.29, 1.82) is 0 Å². The first-order chi connectivity index (χ1) is 14.7. The van der Waals surface area contributed by atoms with Crippen LogP contribution >= 0.6 is 27.5 Å². The van der Waals surface area contributed by atoms with Crippen LogP contribution in [0.15, 0.2) is 71.2 Å². The zero-order valence-electron chi connectivity index (χ0n) is 17.1. The van der Waals surface area contributed by atoms with Gasteiger partial charge in [0.25, 0.3) is 5.91 Å². The molecule has 0 aromatic heterocycles. The Morgan fingerprint density at radius 3 is 2.39 bits per heavy atom. The molecule has 3 aromatic carbocycles. The van der Waals surface area contributed by atoms with Gasteiger partial charge < -0.3 is 10.0 Å². The minimum Gasteiger partial charge on any atom is -0.375 e. The number of rotatable bonds is 5. The van der Waals surface area contributed by atoms with Crippen LogP contribution in [0.25, 0.3) is 0 Å². The number of nitrogens with zero attached hydrogens (tertiary/aromatic N) is 1. The van der Waals surface area contributed by atoms with Crippen LogP contribution in [0.4, 0.5) is 5.69 Å². The average Bonchev–Trinajstić information content (AvgIpc) is 2.97. The number of amides is 1. The number of anilines is 1. The number of carbonyl (C=O) groups is 2. The van der Waals surface area contributed by atoms with E-state index in [1.807, 2.05) is 37.3 Å². The van der Waals surface area contributed by atoms with E-state index in [0.29, 0.717) is 28.4 Å². The standard InChI is InChI=1S/C25H21BrClNO3/c1-15-3-5-17(6-4-15)14-28-22-12-9-19(26)13-21(22)25(31,24(28)30)16(2)23(29)18-7-10-20(27)11-8-18/h3-13,16,31H,14H2,1-2H3/t16-,25+/m1/s1. The smallest absolute Gasteiger partial charge is 0.264 e. The van der Waals surface area contributed by atoms with Gasteiger partial charge in [-0.25, -0.2) is 0 Å². The zero-order chi connectivity index (χ0) is 22.3. The maximum absolute atomic E-state index is 13.6. The average molecular weight is 499 g/mol. The number of aryl methyl sites for hydroxylation is 1. The second kappa shape index (κ2) is 8.23. The lowest BCUT2D eigenvalue weighted by Gasteiger charge is -2.28. The van der Waals surface area contributed by atoms with E-state index < -0.39 is 17.4 Å². The molecule has 0 radical (unpaired) electrons. The molecule has 1 aliphatic heterocycles. The van der Waals surface area contributed by atoms with Crippen molar-refractivity contribution in [2.75, 3.05) is 4.90 Å². The summed E-state index contributed by atoms with van der Waals surface area (Å²) in [6.07, 6.45) is 0. The lowest BCUT2D eigenvalue weighted by Crippen LogP contribution is -2.47. The molecular weight excluding hydrogens is 478 g/mol. The molecule has 1 heterocycles. The lowest BCUT2D eigenvalue weighted by molar-refractivity contribution is -0.139. The molecule has 1 N–H and O–H groups in total. The van der Waals surface area contributed by atoms with Crippen molar-refractivity contribution < 1.29 is 14.7 Å². The summed E-state index contributed by atoms with van der Waals surface area (Å²) >= 11 is 9.37. The summed E-state index contributed by atoms with van der Waals surface area (Å²) in [5.41, 5.74) is 1.52. The molecule has 0 saturated carbocycles. The molecule has 1 aliphatic rings. The van der Waals surface area contributed by atoms with Crippen LogP contribution in [0.1, 0.15) is 34.0 Å². The topological polar surface area (TPSA) is 57.6 Å². The van der Waals surface area contributed by atoms with E-state index in [9.17, 15) is 14.7 Å². The molecule has 0 saturated heterocycles. The molecule has 31 heavy (non-hydrogen) atoms. The lowest BCUT2D eigenvalue weighted by atomic mass is 9.79. The molecule has 1 amide bonds. The summed E-state index contributed by atoms with van der Waals surface area (Å²) in [6.45, 7) is 3.90. The van der Waals surface area contributed by atoms with Crippen LogP contribution in [-0.4, -0.2) is 16.8 Å². The fourth-order valence-electron chi connectivity index (χ4n) is 3.98. The van der Waals surface area contributed by atoms with Crippen molar-refractivity contribution >= 4 is 44.9 Å². The fraction of sp³-hybridized carbons (Fsp3) is 0.200. The van der Waals surface area contributed by atoms with Gasteiger partial charge in [0.2, 0.25) is 0 Å². The van der Waals surface area contributed by atoms with Crippen molar-refractivity contribution in [3.8, 4) is 0 Å². The number of hydrogen-bond donors (Lipinski definition) is 1. The number of carbonyl (C=O) groups excluding carboxylic acids is 2. The minimum absolute atomic E-state index is 0.303. The van der Waals surface area contributed by atoms with E-state index in [1.54, 1.807) is 48.2 Å². The number of fused-ring (bicyclic) bond motifs is 1. The summed E-state index contributed by atoms with van der Waals surface area (Å²) in [6, 6.07) is 19.7. The molecule has 158 valence electrons. The number of benzene rings is 3. The first kappa shape index (κ1) is 21.8. The predicted octanol–water partition coefficient (Wildman–Crippen LogP) is 5.66. The normalized spacial score (nSPS) is 18.7. The molecule has 0 spiro atoms. The highest BCUT2D eigenvalue weighted by Gasteiger charge is 2.55. The van der Waals surface area contributed by atoms with Crippen LogP contribution in [0, 0.1) is 12.8 Å². The number of hydrogen-bond acceptors (Lipinski definition) is 3. The largest absolute Gasteiger partial charge is 0.375 e. The molecule has 4 rings (SSSR count). The number of ketones is 1. The first-order valence-corrected chi connectivity index (χ1v) is 11.1. The second-order valence-corrected chi connectivity index (χ2v) is 9.25. The van der Waals surface area contributed by atoms with Gasteiger partial charge in [-0.15, -0.1) is 0 Å². The molecule has 0 fully saturated rings. The van der Waals surface area contributed by atoms with Crippen LogP contribution in [0.5, 0.6) is 0 Å². The van der Waals surface area contributed by atoms with Gasteiger partial charge in [0.15, 0.2) is 11.4 Å². The molecule has 3 aromatic rings. The van der Waals surface area contributed by atoms with Gasteiger partial charge in [-0.1, -0.05) is 64.3 Å². The summed E-state index contributed by atoms with van der Waals surface area (Å²) < 4.78 is 0.723. The highest BCUT2D eigenvalue weighted by Crippen LogP contribution is 2.47. The van der Waals surface area contributed by atoms with Gasteiger partial charge in [-0.3, -0.25) is 9.59 Å². The molecule has 0 bridgehead atoms. The molecule has 0 aliphatic carbocycles. The van der Waals surface area contributed by atoms with Crippen molar-refractivity contribution in [3.05, 3.63) is 98.5 Å². The van der Waals surface area contributed by atoms with Gasteiger partial charge >= 0.3 is 0 Å². The van der Waals surface area contributed by atoms with Gasteiger partial charge in [0.1, 0.15) is 0 Å². The van der Waals surface area contributed by atoms with Gasteiger partial charge in [-0.2, -0.15) is 0 Å². The highest BCUT2D eigenvalue weighted by atomic mass is 79.9. The number of aliphatic hydroxyl groups is 1. The molecule has 0 unspecified atom stereocenters. The quantitative estimate of drug-likeness (QED) is 0.462. The Balaban J connectivity index is 1.75. The predicted molar refractivity (Wildman–Crippen MR) is 125 cm³/mol. The van der Waals surface area contributed by atoms with Crippen LogP contribution in [0.2, 0.25) is 5.02 Å². The Labute approximate surface area is 194 Å². The number of halogens is 2. The summed E-state index contributed by atoms with van der Waals surface area (Å²) in [7, 11) is 0. The van der Waals surface area contributed by atoms with Crippen LogP contribution in [0.3, 0.4) is 0 Å². The van der Waals surface area contributed by atoms with E-state index in [0.717, 1.165) is 15.6 Å². The Kier molecular flexibility index (Phi) is 5.77. The summed E-state index contributed by atoms with van der Waals surface area (Å²) in [5, 5.41) is 12.2. The fourth-order valence-corrected chi connectivity index (χ4v) is 4.47. The third-order valence-electron chi connectivity index (χ3n) is 5.84. The summed E-state index contributed by atoms with van der Waals surface area (Å²) in [5.74, 6) is -1.82. The van der Waals surface area contributed by atoms with Crippen LogP contribution < -0.4 is 4.90 Å². The summed E-state index contributed by atoms with van der Waals surface area (Å²) in [4.78, 5) is 28.3. The van der Waals surface area contributed by atoms with Gasteiger partial charge in [0.05, 0.1) is 18.2 Å². The van der Waals surface area contributed by atoms with Crippen molar-refractivity contribution in [3.63, 3.8) is 0 Å². The Bertz CT molecular complexity index is 1160. The zero-order valence-corrected chi connectivity index (χ0v) is 19.4. The Hall–Kier alpha value is -2.47. The maximum Gasteiger partial charge on any atom is 0.264 e. The van der Waals surface area contributed by atoms with E-state index in [-0.39, 0.29) is 5.78 Å². The Morgan fingerprint density at radius 2 is 1.74 bits per heavy atom. The van der Waals surface area contributed by atoms with Crippen molar-refractivity contribution in [2.24, 2.45) is 5.92 Å². The first-order valence-electron chi connectivity index (χ1n) is 9.91. The third-order valence-corrected chi connectivity index (χ3v) is 6.59. The Morgan fingerprint density at radius 1 is 1.10 bits per heavy atom. The number of Topliss-reactive ketones (excluding diaryl/α,β-unsaturated/α-hetero) is 1. The van der Waals surface area contributed by atoms with E-state index in [4.69, 9.17) is 11.6 Å². The monoisotopic (exact) mass is 497 g/mol. The van der Waals surface area contributed by atoms with E-state index >= 15 is 0 Å². The van der Waals surface area contributed by atoms with Crippen molar-refractivity contribution in [2.45, 2.75) is 26.0 Å². The van der Waals surface area contributed by atoms with E-state index in [1.165, 1.54) is 0 Å². The minimum atomic E-state index is -1.97. The van der Waals surface area contributed by atoms with E-state index in [2.05, 4.69) is 15.9 Å². The highest BCUT2D eigenvalue weighted by molar-refractivity contribution is 9.10. The molecular formula is C25H21BrClNO3. The SMILES string of the molecule is Cc1ccc(CN2C(=O)[C@](O)([C@H](C)C(=O)c3ccc(Cl)cc3)c3cc(Br)ccc32)cc1. The maximum atomic E-state index is 13.6. The second-order valence-electron chi connectivity index (χ2n) is 7.90. The molecule has 2 atom stereocenters. The molecule has 6 heteroatoms. The molecule has 4 nitrogen and oxygen atoms in total.